The molecule has 2 aromatic rings. The number of thiazole rings is 1. The molecule has 0 amide bonds. The molecule has 0 saturated carbocycles. The number of thioether (sulfide) groups is 1. The van der Waals surface area contributed by atoms with Crippen LogP contribution in [0.1, 0.15) is 29.5 Å². The number of hydrogen-bond donors (Lipinski definition) is 1. The zero-order valence-electron chi connectivity index (χ0n) is 11.8. The summed E-state index contributed by atoms with van der Waals surface area (Å²) in [6.45, 7) is 4.32. The highest BCUT2D eigenvalue weighted by molar-refractivity contribution is 7.98. The first kappa shape index (κ1) is 14.1. The molecule has 0 aliphatic carbocycles. The quantitative estimate of drug-likeness (QED) is 0.842. The zero-order chi connectivity index (χ0) is 13.8. The average Bonchev–Trinajstić information content (AvgIpc) is 2.96. The van der Waals surface area contributed by atoms with Crippen LogP contribution >= 0.6 is 23.1 Å². The lowest BCUT2D eigenvalue weighted by Crippen LogP contribution is -2.23. The van der Waals surface area contributed by atoms with Crippen LogP contribution in [0.5, 0.6) is 0 Å². The van der Waals surface area contributed by atoms with E-state index in [1.807, 2.05) is 11.8 Å². The van der Waals surface area contributed by atoms with Gasteiger partial charge in [0.1, 0.15) is 5.01 Å². The number of nitrogens with one attached hydrogen (secondary N) is 1. The number of rotatable bonds is 5. The molecular weight excluding hydrogens is 284 g/mol. The summed E-state index contributed by atoms with van der Waals surface area (Å²) >= 11 is 3.77. The van der Waals surface area contributed by atoms with Crippen LogP contribution in [-0.4, -0.2) is 17.3 Å². The molecule has 2 nitrogen and oxygen atoms in total. The van der Waals surface area contributed by atoms with Crippen molar-refractivity contribution in [3.63, 3.8) is 0 Å². The molecule has 2 heterocycles. The Morgan fingerprint density at radius 2 is 2.30 bits per heavy atom. The van der Waals surface area contributed by atoms with E-state index in [2.05, 4.69) is 35.8 Å². The first-order chi connectivity index (χ1) is 9.86. The highest BCUT2D eigenvalue weighted by Crippen LogP contribution is 2.27. The SMILES string of the molecule is CCCSCc1nc(-c2ccc3c(c2)CCNC3)cs1. The molecule has 0 atom stereocenters. The number of benzene rings is 1. The third-order valence-corrected chi connectivity index (χ3v) is 5.72. The van der Waals surface area contributed by atoms with Gasteiger partial charge in [-0.2, -0.15) is 11.8 Å². The molecule has 0 saturated heterocycles. The Labute approximate surface area is 129 Å². The Kier molecular flexibility index (Phi) is 4.76. The second-order valence-electron chi connectivity index (χ2n) is 5.09. The highest BCUT2D eigenvalue weighted by Gasteiger charge is 2.11. The second kappa shape index (κ2) is 6.74. The number of fused-ring (bicyclic) bond motifs is 1. The van der Waals surface area contributed by atoms with Gasteiger partial charge in [0.2, 0.25) is 0 Å². The molecule has 106 valence electrons. The van der Waals surface area contributed by atoms with Gasteiger partial charge in [-0.15, -0.1) is 11.3 Å². The smallest absolute Gasteiger partial charge is 0.103 e. The second-order valence-corrected chi connectivity index (χ2v) is 7.14. The minimum Gasteiger partial charge on any atom is -0.312 e. The molecule has 1 aliphatic heterocycles. The molecule has 3 rings (SSSR count). The first-order valence-electron chi connectivity index (χ1n) is 7.22. The third kappa shape index (κ3) is 3.25. The van der Waals surface area contributed by atoms with Gasteiger partial charge in [0.15, 0.2) is 0 Å². The van der Waals surface area contributed by atoms with Gasteiger partial charge in [-0.3, -0.25) is 0 Å². The molecular formula is C16H20N2S2. The average molecular weight is 304 g/mol. The maximum atomic E-state index is 4.78. The van der Waals surface area contributed by atoms with Crippen LogP contribution in [0.2, 0.25) is 0 Å². The number of hydrogen-bond acceptors (Lipinski definition) is 4. The van der Waals surface area contributed by atoms with E-state index in [0.29, 0.717) is 0 Å². The Hall–Kier alpha value is -0.840. The van der Waals surface area contributed by atoms with Crippen molar-refractivity contribution in [1.82, 2.24) is 10.3 Å². The molecule has 0 unspecified atom stereocenters. The molecule has 1 N–H and O–H groups in total. The van der Waals surface area contributed by atoms with E-state index in [9.17, 15) is 0 Å². The summed E-state index contributed by atoms with van der Waals surface area (Å²) in [5, 5.41) is 6.86. The van der Waals surface area contributed by atoms with Crippen LogP contribution in [0.25, 0.3) is 11.3 Å². The summed E-state index contributed by atoms with van der Waals surface area (Å²) in [5.74, 6) is 2.27. The molecule has 0 spiro atoms. The summed E-state index contributed by atoms with van der Waals surface area (Å²) in [6.07, 6.45) is 2.37. The highest BCUT2D eigenvalue weighted by atomic mass is 32.2. The topological polar surface area (TPSA) is 24.9 Å². The van der Waals surface area contributed by atoms with Gasteiger partial charge in [0.05, 0.1) is 5.69 Å². The van der Waals surface area contributed by atoms with Crippen molar-refractivity contribution in [2.45, 2.75) is 32.1 Å². The van der Waals surface area contributed by atoms with E-state index >= 15 is 0 Å². The number of nitrogens with zero attached hydrogens (tertiary/aromatic N) is 1. The lowest BCUT2D eigenvalue weighted by molar-refractivity contribution is 0.644. The first-order valence-corrected chi connectivity index (χ1v) is 9.25. The van der Waals surface area contributed by atoms with Crippen molar-refractivity contribution in [2.75, 3.05) is 12.3 Å². The fourth-order valence-electron chi connectivity index (χ4n) is 2.45. The Balaban J connectivity index is 1.75. The fraction of sp³-hybridized carbons (Fsp3) is 0.438. The van der Waals surface area contributed by atoms with Crippen molar-refractivity contribution >= 4 is 23.1 Å². The van der Waals surface area contributed by atoms with E-state index < -0.39 is 0 Å². The summed E-state index contributed by atoms with van der Waals surface area (Å²) in [6, 6.07) is 6.79. The Bertz CT molecular complexity index is 578. The zero-order valence-corrected chi connectivity index (χ0v) is 13.4. The maximum Gasteiger partial charge on any atom is 0.103 e. The largest absolute Gasteiger partial charge is 0.312 e. The van der Waals surface area contributed by atoms with Gasteiger partial charge >= 0.3 is 0 Å². The lowest BCUT2D eigenvalue weighted by Gasteiger charge is -2.17. The van der Waals surface area contributed by atoms with Crippen LogP contribution in [0.4, 0.5) is 0 Å². The Morgan fingerprint density at radius 1 is 1.35 bits per heavy atom. The molecule has 1 aromatic carbocycles. The van der Waals surface area contributed by atoms with Gasteiger partial charge in [-0.25, -0.2) is 4.98 Å². The van der Waals surface area contributed by atoms with Crippen molar-refractivity contribution in [3.8, 4) is 11.3 Å². The summed E-state index contributed by atoms with van der Waals surface area (Å²) < 4.78 is 0. The van der Waals surface area contributed by atoms with Crippen molar-refractivity contribution in [2.24, 2.45) is 0 Å². The Morgan fingerprint density at radius 3 is 3.20 bits per heavy atom. The molecule has 1 aromatic heterocycles. The van der Waals surface area contributed by atoms with Gasteiger partial charge in [0, 0.05) is 23.2 Å². The normalized spacial score (nSPS) is 14.2. The van der Waals surface area contributed by atoms with Crippen molar-refractivity contribution in [3.05, 3.63) is 39.7 Å². The van der Waals surface area contributed by atoms with Gasteiger partial charge in [0.25, 0.3) is 0 Å². The van der Waals surface area contributed by atoms with E-state index in [1.54, 1.807) is 11.3 Å². The van der Waals surface area contributed by atoms with Crippen molar-refractivity contribution < 1.29 is 0 Å². The van der Waals surface area contributed by atoms with Gasteiger partial charge < -0.3 is 5.32 Å². The molecule has 1 aliphatic rings. The van der Waals surface area contributed by atoms with E-state index in [4.69, 9.17) is 4.98 Å². The van der Waals surface area contributed by atoms with E-state index in [0.717, 1.165) is 31.0 Å². The standard InChI is InChI=1S/C16H20N2S2/c1-2-7-19-11-16-18-15(10-20-16)13-3-4-14-9-17-6-5-12(14)8-13/h3-4,8,10,17H,2,5-7,9,11H2,1H3. The molecule has 0 bridgehead atoms. The van der Waals surface area contributed by atoms with Gasteiger partial charge in [-0.1, -0.05) is 19.1 Å². The van der Waals surface area contributed by atoms with E-state index in [1.165, 1.54) is 33.9 Å². The van der Waals surface area contributed by atoms with Crippen LogP contribution < -0.4 is 5.32 Å². The molecule has 20 heavy (non-hydrogen) atoms. The van der Waals surface area contributed by atoms with Crippen LogP contribution in [-0.2, 0) is 18.7 Å². The maximum absolute atomic E-state index is 4.78. The van der Waals surface area contributed by atoms with Crippen LogP contribution in [0.3, 0.4) is 0 Å². The minimum absolute atomic E-state index is 1.01. The predicted molar refractivity (Wildman–Crippen MR) is 89.4 cm³/mol. The lowest BCUT2D eigenvalue weighted by atomic mass is 9.98. The van der Waals surface area contributed by atoms with Crippen molar-refractivity contribution in [1.29, 1.82) is 0 Å². The summed E-state index contributed by atoms with van der Waals surface area (Å²) in [4.78, 5) is 4.78. The minimum atomic E-state index is 1.01. The summed E-state index contributed by atoms with van der Waals surface area (Å²) in [7, 11) is 0. The molecule has 4 heteroatoms. The summed E-state index contributed by atoms with van der Waals surface area (Å²) in [5.41, 5.74) is 5.34. The van der Waals surface area contributed by atoms with Crippen LogP contribution in [0.15, 0.2) is 23.6 Å². The predicted octanol–water partition coefficient (Wildman–Crippen LogP) is 4.10. The van der Waals surface area contributed by atoms with E-state index in [-0.39, 0.29) is 0 Å². The third-order valence-electron chi connectivity index (χ3n) is 3.51. The fourth-order valence-corrected chi connectivity index (χ4v) is 4.23. The molecule has 0 fully saturated rings. The van der Waals surface area contributed by atoms with Gasteiger partial charge in [-0.05, 0) is 42.3 Å². The number of aromatic nitrogens is 1. The van der Waals surface area contributed by atoms with Crippen LogP contribution in [0, 0.1) is 0 Å². The molecule has 0 radical (unpaired) electrons. The monoisotopic (exact) mass is 304 g/mol.